The molecule has 0 aromatic carbocycles. The number of hydrogen-bond donors (Lipinski definition) is 1. The van der Waals surface area contributed by atoms with Crippen molar-refractivity contribution in [1.29, 1.82) is 0 Å². The minimum absolute atomic E-state index is 0.514. The number of rotatable bonds is 3. The molecule has 0 radical (unpaired) electrons. The number of carbonyl (C=O) groups excluding carboxylic acids is 1. The highest BCUT2D eigenvalue weighted by atomic mass is 35.6. The van der Waals surface area contributed by atoms with Crippen molar-refractivity contribution in [3.8, 4) is 0 Å². The highest BCUT2D eigenvalue weighted by Gasteiger charge is 2.34. The van der Waals surface area contributed by atoms with Crippen LogP contribution in [0.2, 0.25) is 0 Å². The molecule has 1 N–H and O–H groups in total. The van der Waals surface area contributed by atoms with Gasteiger partial charge in [-0.25, -0.2) is 0 Å². The molecular formula is C6H7Cl3N2OS2. The number of nitrogens with one attached hydrogen (secondary N) is 1. The van der Waals surface area contributed by atoms with E-state index in [2.05, 4.69) is 10.3 Å². The van der Waals surface area contributed by atoms with Gasteiger partial charge in [0.15, 0.2) is 0 Å². The summed E-state index contributed by atoms with van der Waals surface area (Å²) in [6.45, 7) is 0.778. The van der Waals surface area contributed by atoms with Gasteiger partial charge in [0.2, 0.25) is 10.2 Å². The lowest BCUT2D eigenvalue weighted by Gasteiger charge is -2.22. The summed E-state index contributed by atoms with van der Waals surface area (Å²) in [5, 5.41) is 1.84. The van der Waals surface area contributed by atoms with Crippen LogP contribution in [0, 0.1) is 0 Å². The van der Waals surface area contributed by atoms with Crippen LogP contribution in [0.15, 0.2) is 4.99 Å². The SMILES string of the molecule is O=CN[C@H](SC1=NCCS1)C(Cl)(Cl)Cl. The number of thioether (sulfide) groups is 2. The lowest BCUT2D eigenvalue weighted by Crippen LogP contribution is -2.37. The van der Waals surface area contributed by atoms with Gasteiger partial charge in [0.05, 0.1) is 6.54 Å². The van der Waals surface area contributed by atoms with Crippen molar-refractivity contribution in [3.63, 3.8) is 0 Å². The van der Waals surface area contributed by atoms with Crippen LogP contribution in [-0.4, -0.2) is 32.2 Å². The summed E-state index contributed by atoms with van der Waals surface area (Å²) in [6, 6.07) is 0. The van der Waals surface area contributed by atoms with E-state index in [-0.39, 0.29) is 0 Å². The standard InChI is InChI=1S/C6H7Cl3N2OS2/c7-6(8,9)4(11-3-12)14-5-10-1-2-13-5/h3-4H,1-2H2,(H,11,12)/t4-/m1/s1. The van der Waals surface area contributed by atoms with Crippen molar-refractivity contribution in [2.75, 3.05) is 12.3 Å². The molecule has 8 heteroatoms. The van der Waals surface area contributed by atoms with Crippen LogP contribution in [-0.2, 0) is 4.79 Å². The zero-order valence-corrected chi connectivity index (χ0v) is 10.8. The lowest BCUT2D eigenvalue weighted by atomic mass is 10.7. The highest BCUT2D eigenvalue weighted by Crippen LogP contribution is 2.38. The number of carbonyl (C=O) groups is 1. The zero-order chi connectivity index (χ0) is 10.6. The summed E-state index contributed by atoms with van der Waals surface area (Å²) >= 11 is 19.9. The quantitative estimate of drug-likeness (QED) is 0.493. The number of alkyl halides is 3. The first-order chi connectivity index (χ1) is 6.54. The van der Waals surface area contributed by atoms with Gasteiger partial charge in [0.25, 0.3) is 0 Å². The Balaban J connectivity index is 2.54. The first kappa shape index (κ1) is 12.8. The molecule has 80 valence electrons. The second-order valence-electron chi connectivity index (χ2n) is 2.32. The third-order valence-corrected chi connectivity index (χ3v) is 4.80. The van der Waals surface area contributed by atoms with Crippen LogP contribution >= 0.6 is 58.3 Å². The Bertz CT molecular complexity index is 244. The van der Waals surface area contributed by atoms with E-state index < -0.39 is 9.17 Å². The Labute approximate surface area is 105 Å². The van der Waals surface area contributed by atoms with Gasteiger partial charge in [-0.15, -0.1) is 0 Å². The minimum atomic E-state index is -1.53. The fourth-order valence-electron chi connectivity index (χ4n) is 0.745. The van der Waals surface area contributed by atoms with Crippen molar-refractivity contribution in [2.24, 2.45) is 4.99 Å². The molecule has 14 heavy (non-hydrogen) atoms. The maximum absolute atomic E-state index is 10.3. The summed E-state index contributed by atoms with van der Waals surface area (Å²) < 4.78 is -0.687. The van der Waals surface area contributed by atoms with E-state index in [4.69, 9.17) is 34.8 Å². The molecule has 3 nitrogen and oxygen atoms in total. The Kier molecular flexibility index (Phi) is 5.20. The highest BCUT2D eigenvalue weighted by molar-refractivity contribution is 8.39. The molecule has 0 saturated carbocycles. The normalized spacial score (nSPS) is 18.9. The molecule has 0 saturated heterocycles. The Morgan fingerprint density at radius 3 is 2.79 bits per heavy atom. The minimum Gasteiger partial charge on any atom is -0.342 e. The van der Waals surface area contributed by atoms with E-state index in [1.165, 1.54) is 11.8 Å². The molecule has 0 fully saturated rings. The van der Waals surface area contributed by atoms with Gasteiger partial charge >= 0.3 is 0 Å². The van der Waals surface area contributed by atoms with Crippen molar-refractivity contribution < 1.29 is 4.79 Å². The smallest absolute Gasteiger partial charge is 0.220 e. The number of hydrogen-bond acceptors (Lipinski definition) is 4. The predicted octanol–water partition coefficient (Wildman–Crippen LogP) is 2.26. The number of halogens is 3. The maximum atomic E-state index is 10.3. The van der Waals surface area contributed by atoms with E-state index in [1.807, 2.05) is 0 Å². The Hall–Kier alpha value is 0.710. The molecule has 0 aromatic heterocycles. The van der Waals surface area contributed by atoms with Gasteiger partial charge in [-0.05, 0) is 0 Å². The summed E-state index contributed by atoms with van der Waals surface area (Å²) in [5.74, 6) is 0.940. The number of nitrogens with zero attached hydrogens (tertiary/aromatic N) is 1. The molecule has 0 aliphatic carbocycles. The topological polar surface area (TPSA) is 41.5 Å². The van der Waals surface area contributed by atoms with Crippen LogP contribution < -0.4 is 5.32 Å². The van der Waals surface area contributed by atoms with Gasteiger partial charge in [0.1, 0.15) is 9.75 Å². The fraction of sp³-hybridized carbons (Fsp3) is 0.667. The predicted molar refractivity (Wildman–Crippen MR) is 65.6 cm³/mol. The van der Waals surface area contributed by atoms with Crippen LogP contribution in [0.5, 0.6) is 0 Å². The van der Waals surface area contributed by atoms with Gasteiger partial charge in [-0.2, -0.15) is 0 Å². The average molecular weight is 294 g/mol. The largest absolute Gasteiger partial charge is 0.342 e. The van der Waals surface area contributed by atoms with E-state index in [1.54, 1.807) is 11.8 Å². The van der Waals surface area contributed by atoms with Crippen molar-refractivity contribution in [2.45, 2.75) is 9.17 Å². The fourth-order valence-corrected chi connectivity index (χ4v) is 3.31. The molecule has 0 unspecified atom stereocenters. The average Bonchev–Trinajstić information content (AvgIpc) is 2.54. The molecule has 1 atom stereocenters. The number of amides is 1. The summed E-state index contributed by atoms with van der Waals surface area (Å²) in [6.07, 6.45) is 0.514. The van der Waals surface area contributed by atoms with Gasteiger partial charge in [-0.1, -0.05) is 58.3 Å². The second kappa shape index (κ2) is 5.70. The van der Waals surface area contributed by atoms with E-state index in [0.29, 0.717) is 6.41 Å². The van der Waals surface area contributed by atoms with Crippen LogP contribution in [0.25, 0.3) is 0 Å². The summed E-state index contributed by atoms with van der Waals surface area (Å²) in [7, 11) is 0. The van der Waals surface area contributed by atoms with Crippen LogP contribution in [0.3, 0.4) is 0 Å². The second-order valence-corrected chi connectivity index (χ2v) is 7.12. The van der Waals surface area contributed by atoms with Crippen molar-refractivity contribution in [3.05, 3.63) is 0 Å². The zero-order valence-electron chi connectivity index (χ0n) is 6.87. The molecule has 1 heterocycles. The Morgan fingerprint density at radius 2 is 2.36 bits per heavy atom. The van der Waals surface area contributed by atoms with Crippen molar-refractivity contribution in [1.82, 2.24) is 5.32 Å². The molecule has 1 aliphatic heterocycles. The monoisotopic (exact) mass is 292 g/mol. The Morgan fingerprint density at radius 1 is 1.64 bits per heavy atom. The first-order valence-corrected chi connectivity index (χ1v) is 6.64. The van der Waals surface area contributed by atoms with Gasteiger partial charge < -0.3 is 5.32 Å². The molecule has 1 rings (SSSR count). The molecule has 0 aromatic rings. The van der Waals surface area contributed by atoms with Crippen LogP contribution in [0.4, 0.5) is 0 Å². The molecule has 0 bridgehead atoms. The van der Waals surface area contributed by atoms with E-state index in [9.17, 15) is 4.79 Å². The lowest BCUT2D eigenvalue weighted by molar-refractivity contribution is -0.109. The van der Waals surface area contributed by atoms with Gasteiger partial charge in [0, 0.05) is 5.75 Å². The van der Waals surface area contributed by atoms with Crippen LogP contribution in [0.1, 0.15) is 0 Å². The maximum Gasteiger partial charge on any atom is 0.220 e. The third-order valence-electron chi connectivity index (χ3n) is 1.29. The molecular weight excluding hydrogens is 287 g/mol. The molecule has 1 aliphatic rings. The number of aliphatic imine (C=N–C) groups is 1. The van der Waals surface area contributed by atoms with Crippen molar-refractivity contribution >= 4 is 69.1 Å². The van der Waals surface area contributed by atoms with Gasteiger partial charge in [-0.3, -0.25) is 9.79 Å². The third kappa shape index (κ3) is 4.06. The molecule has 1 amide bonds. The summed E-state index contributed by atoms with van der Waals surface area (Å²) in [4.78, 5) is 14.5. The molecule has 0 spiro atoms. The first-order valence-electron chi connectivity index (χ1n) is 3.64. The van der Waals surface area contributed by atoms with E-state index >= 15 is 0 Å². The van der Waals surface area contributed by atoms with E-state index in [0.717, 1.165) is 16.7 Å². The summed E-state index contributed by atoms with van der Waals surface area (Å²) in [5.41, 5.74) is 0.